The van der Waals surface area contributed by atoms with E-state index in [2.05, 4.69) is 78.7 Å². The fourth-order valence-corrected chi connectivity index (χ4v) is 3.29. The average Bonchev–Trinajstić information content (AvgIpc) is 3.10. The van der Waals surface area contributed by atoms with Gasteiger partial charge < -0.3 is 0 Å². The molecule has 3 aromatic rings. The summed E-state index contributed by atoms with van der Waals surface area (Å²) in [6.07, 6.45) is 1.83. The lowest BCUT2D eigenvalue weighted by Crippen LogP contribution is -2.10. The average molecular weight is 357 g/mol. The predicted molar refractivity (Wildman–Crippen MR) is 104 cm³/mol. The minimum atomic E-state index is 0.123. The van der Waals surface area contributed by atoms with Gasteiger partial charge in [0.05, 0.1) is 11.1 Å². The normalized spacial score (nSPS) is 12.2. The number of aryl methyl sites for hydroxylation is 1. The summed E-state index contributed by atoms with van der Waals surface area (Å²) in [5.74, 6) is 0.714. The molecule has 6 heteroatoms. The van der Waals surface area contributed by atoms with Crippen LogP contribution < -0.4 is 0 Å². The largest absolute Gasteiger partial charge is 0.250 e. The number of hydrogen-bond donors (Lipinski definition) is 1. The van der Waals surface area contributed by atoms with Gasteiger partial charge in [-0.05, 0) is 47.1 Å². The number of aromatic nitrogens is 3. The van der Waals surface area contributed by atoms with Gasteiger partial charge in [0, 0.05) is 5.56 Å². The molecule has 24 heavy (non-hydrogen) atoms. The second kappa shape index (κ2) is 6.45. The number of benzene rings is 1. The van der Waals surface area contributed by atoms with E-state index >= 15 is 0 Å². The molecule has 0 aliphatic heterocycles. The monoisotopic (exact) mass is 356 g/mol. The van der Waals surface area contributed by atoms with E-state index in [1.807, 2.05) is 6.21 Å². The molecule has 0 radical (unpaired) electrons. The third-order valence-corrected chi connectivity index (χ3v) is 5.07. The molecule has 0 unspecified atom stereocenters. The number of aromatic amines is 1. The second-order valence-electron chi connectivity index (χ2n) is 6.70. The van der Waals surface area contributed by atoms with Crippen LogP contribution in [0.1, 0.15) is 36.8 Å². The van der Waals surface area contributed by atoms with Crippen LogP contribution >= 0.6 is 23.6 Å². The Morgan fingerprint density at radius 1 is 1.21 bits per heavy atom. The van der Waals surface area contributed by atoms with Gasteiger partial charge in [-0.3, -0.25) is 0 Å². The molecule has 0 aliphatic carbocycles. The number of nitrogens with one attached hydrogen (secondary N) is 1. The van der Waals surface area contributed by atoms with E-state index in [0.29, 0.717) is 10.6 Å². The number of hydrogen-bond acceptors (Lipinski definition) is 4. The Morgan fingerprint density at radius 3 is 2.50 bits per heavy atom. The molecule has 0 amide bonds. The summed E-state index contributed by atoms with van der Waals surface area (Å²) in [4.78, 5) is 1.12. The Hall–Kier alpha value is -2.05. The number of rotatable bonds is 3. The third-order valence-electron chi connectivity index (χ3n) is 3.85. The van der Waals surface area contributed by atoms with Gasteiger partial charge in [0.15, 0.2) is 5.82 Å². The lowest BCUT2D eigenvalue weighted by atomic mass is 9.87. The first-order chi connectivity index (χ1) is 11.4. The fraction of sp³-hybridized carbons (Fsp3) is 0.278. The van der Waals surface area contributed by atoms with Gasteiger partial charge in [-0.1, -0.05) is 45.0 Å². The van der Waals surface area contributed by atoms with Crippen molar-refractivity contribution in [2.75, 3.05) is 0 Å². The fourth-order valence-electron chi connectivity index (χ4n) is 2.33. The smallest absolute Gasteiger partial charge is 0.216 e. The quantitative estimate of drug-likeness (QED) is 0.520. The van der Waals surface area contributed by atoms with Gasteiger partial charge in [0.25, 0.3) is 0 Å². The van der Waals surface area contributed by atoms with Crippen LogP contribution in [0.3, 0.4) is 0 Å². The lowest BCUT2D eigenvalue weighted by molar-refractivity contribution is 0.590. The topological polar surface area (TPSA) is 46.0 Å². The molecule has 3 rings (SSSR count). The molecule has 0 saturated carbocycles. The van der Waals surface area contributed by atoms with Crippen molar-refractivity contribution >= 4 is 29.8 Å². The third kappa shape index (κ3) is 3.39. The molecule has 1 aromatic carbocycles. The molecular formula is C18H20N4S2. The van der Waals surface area contributed by atoms with Gasteiger partial charge in [0.1, 0.15) is 0 Å². The molecule has 0 spiro atoms. The van der Waals surface area contributed by atoms with E-state index in [4.69, 9.17) is 12.2 Å². The number of thiophene rings is 1. The molecule has 4 nitrogen and oxygen atoms in total. The maximum Gasteiger partial charge on any atom is 0.216 e. The van der Waals surface area contributed by atoms with Crippen molar-refractivity contribution in [1.29, 1.82) is 0 Å². The van der Waals surface area contributed by atoms with Gasteiger partial charge in [-0.25, -0.2) is 5.10 Å². The van der Waals surface area contributed by atoms with Crippen molar-refractivity contribution in [3.05, 3.63) is 56.5 Å². The summed E-state index contributed by atoms with van der Waals surface area (Å²) in [5, 5.41) is 13.7. The molecule has 0 aliphatic rings. The molecule has 1 N–H and O–H groups in total. The van der Waals surface area contributed by atoms with Crippen LogP contribution in [-0.4, -0.2) is 21.1 Å². The van der Waals surface area contributed by atoms with Gasteiger partial charge >= 0.3 is 0 Å². The van der Waals surface area contributed by atoms with E-state index in [1.54, 1.807) is 16.0 Å². The van der Waals surface area contributed by atoms with Gasteiger partial charge in [0.2, 0.25) is 4.77 Å². The summed E-state index contributed by atoms with van der Waals surface area (Å²) in [5.41, 5.74) is 3.59. The summed E-state index contributed by atoms with van der Waals surface area (Å²) < 4.78 is 2.15. The highest BCUT2D eigenvalue weighted by Gasteiger charge is 2.14. The lowest BCUT2D eigenvalue weighted by Gasteiger charge is -2.18. The van der Waals surface area contributed by atoms with E-state index in [1.165, 1.54) is 11.1 Å². The molecule has 2 heterocycles. The summed E-state index contributed by atoms with van der Waals surface area (Å²) in [6, 6.07) is 10.5. The number of H-pyrrole nitrogens is 1. The van der Waals surface area contributed by atoms with Crippen LogP contribution in [0, 0.1) is 11.7 Å². The zero-order valence-electron chi connectivity index (χ0n) is 14.2. The van der Waals surface area contributed by atoms with Crippen LogP contribution in [0.15, 0.2) is 40.8 Å². The van der Waals surface area contributed by atoms with Crippen LogP contribution in [0.25, 0.3) is 11.4 Å². The Bertz CT molecular complexity index is 921. The Labute approximate surface area is 150 Å². The van der Waals surface area contributed by atoms with Crippen molar-refractivity contribution < 1.29 is 0 Å². The first-order valence-corrected chi connectivity index (χ1v) is 9.02. The standard InChI is InChI=1S/C18H20N4S2/c1-12-9-10-24-15(12)11-19-22-16(20-21-17(22)23)13-5-7-14(8-6-13)18(2,3)4/h5-11H,1-4H3,(H,21,23)/b19-11-. The van der Waals surface area contributed by atoms with Crippen LogP contribution in [0.2, 0.25) is 0 Å². The maximum absolute atomic E-state index is 5.32. The summed E-state index contributed by atoms with van der Waals surface area (Å²) in [6.45, 7) is 8.67. The highest BCUT2D eigenvalue weighted by Crippen LogP contribution is 2.25. The van der Waals surface area contributed by atoms with E-state index in [9.17, 15) is 0 Å². The van der Waals surface area contributed by atoms with Crippen molar-refractivity contribution in [2.45, 2.75) is 33.1 Å². The van der Waals surface area contributed by atoms with Crippen molar-refractivity contribution in [3.8, 4) is 11.4 Å². The molecule has 2 aromatic heterocycles. The molecular weight excluding hydrogens is 336 g/mol. The van der Waals surface area contributed by atoms with Crippen LogP contribution in [-0.2, 0) is 5.41 Å². The first-order valence-electron chi connectivity index (χ1n) is 7.73. The van der Waals surface area contributed by atoms with E-state index in [-0.39, 0.29) is 5.41 Å². The SMILES string of the molecule is Cc1ccsc1/C=N\n1c(-c2ccc(C(C)(C)C)cc2)n[nH]c1=S. The van der Waals surface area contributed by atoms with Crippen LogP contribution in [0.5, 0.6) is 0 Å². The first kappa shape index (κ1) is 16.8. The maximum atomic E-state index is 5.32. The summed E-state index contributed by atoms with van der Waals surface area (Å²) >= 11 is 6.98. The van der Waals surface area contributed by atoms with Gasteiger partial charge in [-0.2, -0.15) is 14.9 Å². The minimum Gasteiger partial charge on any atom is -0.250 e. The van der Waals surface area contributed by atoms with Crippen LogP contribution in [0.4, 0.5) is 0 Å². The highest BCUT2D eigenvalue weighted by atomic mass is 32.1. The van der Waals surface area contributed by atoms with E-state index in [0.717, 1.165) is 10.4 Å². The molecule has 0 saturated heterocycles. The van der Waals surface area contributed by atoms with E-state index < -0.39 is 0 Å². The Balaban J connectivity index is 1.97. The van der Waals surface area contributed by atoms with Crippen molar-refractivity contribution in [3.63, 3.8) is 0 Å². The highest BCUT2D eigenvalue weighted by molar-refractivity contribution is 7.71. The van der Waals surface area contributed by atoms with Crippen molar-refractivity contribution in [2.24, 2.45) is 5.10 Å². The van der Waals surface area contributed by atoms with Crippen molar-refractivity contribution in [1.82, 2.24) is 14.9 Å². The molecule has 0 atom stereocenters. The molecule has 124 valence electrons. The Kier molecular flexibility index (Phi) is 4.51. The minimum absolute atomic E-state index is 0.123. The molecule has 0 bridgehead atoms. The zero-order valence-corrected chi connectivity index (χ0v) is 15.8. The zero-order chi connectivity index (χ0) is 17.3. The Morgan fingerprint density at radius 2 is 1.92 bits per heavy atom. The number of nitrogens with zero attached hydrogens (tertiary/aromatic N) is 3. The predicted octanol–water partition coefficient (Wildman–Crippen LogP) is 5.16. The summed E-state index contributed by atoms with van der Waals surface area (Å²) in [7, 11) is 0. The molecule has 0 fully saturated rings. The van der Waals surface area contributed by atoms with Gasteiger partial charge in [-0.15, -0.1) is 11.3 Å². The second-order valence-corrected chi connectivity index (χ2v) is 8.04.